The average molecular weight is 206 g/mol. The number of likely N-dealkylation sites (tertiary alicyclic amines) is 1. The summed E-state index contributed by atoms with van der Waals surface area (Å²) in [5, 5.41) is 0. The van der Waals surface area contributed by atoms with E-state index in [0.29, 0.717) is 6.04 Å². The van der Waals surface area contributed by atoms with Crippen molar-refractivity contribution in [3.8, 4) is 0 Å². The van der Waals surface area contributed by atoms with Crippen molar-refractivity contribution < 1.29 is 0 Å². The van der Waals surface area contributed by atoms with Crippen molar-refractivity contribution in [2.75, 3.05) is 19.6 Å². The Morgan fingerprint density at radius 3 is 2.40 bits per heavy atom. The predicted octanol–water partition coefficient (Wildman–Crippen LogP) is 2.59. The SMILES string of the molecule is C=C1C=C(N2CCCCC2)CN1C(C)C. The maximum absolute atomic E-state index is 4.12. The van der Waals surface area contributed by atoms with Crippen molar-refractivity contribution in [1.82, 2.24) is 9.80 Å². The minimum atomic E-state index is 0.566. The molecule has 0 amide bonds. The van der Waals surface area contributed by atoms with E-state index in [-0.39, 0.29) is 0 Å². The lowest BCUT2D eigenvalue weighted by Crippen LogP contribution is -2.34. The Morgan fingerprint density at radius 1 is 1.20 bits per heavy atom. The van der Waals surface area contributed by atoms with E-state index in [0.717, 1.165) is 6.54 Å². The highest BCUT2D eigenvalue weighted by molar-refractivity contribution is 5.28. The monoisotopic (exact) mass is 206 g/mol. The molecule has 0 atom stereocenters. The van der Waals surface area contributed by atoms with Gasteiger partial charge >= 0.3 is 0 Å². The van der Waals surface area contributed by atoms with E-state index in [4.69, 9.17) is 0 Å². The molecule has 2 nitrogen and oxygen atoms in total. The van der Waals surface area contributed by atoms with Gasteiger partial charge in [0, 0.05) is 30.5 Å². The Morgan fingerprint density at radius 2 is 1.87 bits per heavy atom. The van der Waals surface area contributed by atoms with Crippen molar-refractivity contribution in [2.45, 2.75) is 39.2 Å². The maximum atomic E-state index is 4.12. The quantitative estimate of drug-likeness (QED) is 0.685. The number of rotatable bonds is 2. The van der Waals surface area contributed by atoms with Crippen LogP contribution in [-0.2, 0) is 0 Å². The molecule has 0 unspecified atom stereocenters. The number of hydrogen-bond acceptors (Lipinski definition) is 2. The van der Waals surface area contributed by atoms with Crippen molar-refractivity contribution >= 4 is 0 Å². The first kappa shape index (κ1) is 10.6. The Kier molecular flexibility index (Phi) is 3.03. The van der Waals surface area contributed by atoms with Gasteiger partial charge in [-0.2, -0.15) is 0 Å². The smallest absolute Gasteiger partial charge is 0.0582 e. The molecule has 0 aromatic carbocycles. The van der Waals surface area contributed by atoms with Gasteiger partial charge < -0.3 is 9.80 Å². The lowest BCUT2D eigenvalue weighted by Gasteiger charge is -2.31. The summed E-state index contributed by atoms with van der Waals surface area (Å²) in [6.07, 6.45) is 6.38. The first-order valence-corrected chi connectivity index (χ1v) is 6.09. The van der Waals surface area contributed by atoms with Gasteiger partial charge in [-0.3, -0.25) is 0 Å². The van der Waals surface area contributed by atoms with E-state index in [2.05, 4.69) is 36.3 Å². The normalized spacial score (nSPS) is 22.6. The first-order valence-electron chi connectivity index (χ1n) is 6.09. The molecule has 0 aliphatic carbocycles. The second kappa shape index (κ2) is 4.30. The largest absolute Gasteiger partial charge is 0.373 e. The van der Waals surface area contributed by atoms with Crippen LogP contribution in [0.2, 0.25) is 0 Å². The summed E-state index contributed by atoms with van der Waals surface area (Å²) >= 11 is 0. The molecular formula is C13H22N2. The van der Waals surface area contributed by atoms with Crippen LogP contribution in [0.5, 0.6) is 0 Å². The molecule has 2 aliphatic rings. The van der Waals surface area contributed by atoms with Crippen LogP contribution in [0.1, 0.15) is 33.1 Å². The zero-order valence-electron chi connectivity index (χ0n) is 10.00. The van der Waals surface area contributed by atoms with Gasteiger partial charge in [-0.05, 0) is 39.2 Å². The number of hydrogen-bond donors (Lipinski definition) is 0. The second-order valence-electron chi connectivity index (χ2n) is 4.90. The van der Waals surface area contributed by atoms with E-state index >= 15 is 0 Å². The molecule has 1 fully saturated rings. The molecule has 2 rings (SSSR count). The van der Waals surface area contributed by atoms with Crippen molar-refractivity contribution in [3.05, 3.63) is 24.0 Å². The van der Waals surface area contributed by atoms with Crippen LogP contribution < -0.4 is 0 Å². The highest BCUT2D eigenvalue weighted by atomic mass is 15.2. The molecule has 0 radical (unpaired) electrons. The molecular weight excluding hydrogens is 184 g/mol. The van der Waals surface area contributed by atoms with Crippen LogP contribution >= 0.6 is 0 Å². The summed E-state index contributed by atoms with van der Waals surface area (Å²) in [4.78, 5) is 4.92. The minimum absolute atomic E-state index is 0.566. The minimum Gasteiger partial charge on any atom is -0.373 e. The highest BCUT2D eigenvalue weighted by Gasteiger charge is 2.23. The van der Waals surface area contributed by atoms with Crippen LogP contribution in [0, 0.1) is 0 Å². The molecule has 84 valence electrons. The molecule has 0 saturated carbocycles. The van der Waals surface area contributed by atoms with Gasteiger partial charge in [-0.1, -0.05) is 6.58 Å². The van der Waals surface area contributed by atoms with Crippen LogP contribution in [-0.4, -0.2) is 35.5 Å². The number of nitrogens with zero attached hydrogens (tertiary/aromatic N) is 2. The van der Waals surface area contributed by atoms with Gasteiger partial charge in [0.15, 0.2) is 0 Å². The van der Waals surface area contributed by atoms with Gasteiger partial charge in [0.25, 0.3) is 0 Å². The molecule has 1 saturated heterocycles. The molecule has 0 spiro atoms. The van der Waals surface area contributed by atoms with Crippen molar-refractivity contribution in [2.24, 2.45) is 0 Å². The summed E-state index contributed by atoms with van der Waals surface area (Å²) in [5.74, 6) is 0. The standard InChI is InChI=1S/C13H22N2/c1-11(2)15-10-13(9-12(15)3)14-7-5-4-6-8-14/h9,11H,3-8,10H2,1-2H3. The Balaban J connectivity index is 2.00. The molecule has 0 aromatic heterocycles. The van der Waals surface area contributed by atoms with Gasteiger partial charge in [-0.15, -0.1) is 0 Å². The third-order valence-electron chi connectivity index (χ3n) is 3.42. The number of allylic oxidation sites excluding steroid dienone is 1. The number of piperidine rings is 1. The first-order chi connectivity index (χ1) is 7.18. The lowest BCUT2D eigenvalue weighted by atomic mass is 10.1. The molecule has 2 heteroatoms. The fourth-order valence-corrected chi connectivity index (χ4v) is 2.48. The van der Waals surface area contributed by atoms with Gasteiger partial charge in [0.2, 0.25) is 0 Å². The van der Waals surface area contributed by atoms with E-state index in [1.54, 1.807) is 0 Å². The van der Waals surface area contributed by atoms with Crippen LogP contribution in [0.4, 0.5) is 0 Å². The topological polar surface area (TPSA) is 6.48 Å². The Hall–Kier alpha value is -0.920. The summed E-state index contributed by atoms with van der Waals surface area (Å²) in [5.41, 5.74) is 2.67. The molecule has 15 heavy (non-hydrogen) atoms. The second-order valence-corrected chi connectivity index (χ2v) is 4.90. The fourth-order valence-electron chi connectivity index (χ4n) is 2.48. The predicted molar refractivity (Wildman–Crippen MR) is 64.5 cm³/mol. The van der Waals surface area contributed by atoms with Crippen molar-refractivity contribution in [3.63, 3.8) is 0 Å². The van der Waals surface area contributed by atoms with Gasteiger partial charge in [-0.25, -0.2) is 0 Å². The van der Waals surface area contributed by atoms with Gasteiger partial charge in [0.05, 0.1) is 6.54 Å². The summed E-state index contributed by atoms with van der Waals surface area (Å²) in [7, 11) is 0. The zero-order chi connectivity index (χ0) is 10.8. The molecule has 2 aliphatic heterocycles. The molecule has 0 aromatic rings. The Labute approximate surface area is 93.2 Å². The van der Waals surface area contributed by atoms with E-state index < -0.39 is 0 Å². The average Bonchev–Trinajstić information content (AvgIpc) is 2.62. The lowest BCUT2D eigenvalue weighted by molar-refractivity contribution is 0.252. The van der Waals surface area contributed by atoms with Crippen LogP contribution in [0.15, 0.2) is 24.0 Å². The molecule has 0 N–H and O–H groups in total. The fraction of sp³-hybridized carbons (Fsp3) is 0.692. The Bertz CT molecular complexity index is 272. The summed E-state index contributed by atoms with van der Waals surface area (Å²) in [6, 6.07) is 0.566. The summed E-state index contributed by atoms with van der Waals surface area (Å²) in [6.45, 7) is 12.1. The van der Waals surface area contributed by atoms with Gasteiger partial charge in [0.1, 0.15) is 0 Å². The van der Waals surface area contributed by atoms with E-state index in [1.165, 1.54) is 43.7 Å². The molecule has 2 heterocycles. The third kappa shape index (κ3) is 2.19. The van der Waals surface area contributed by atoms with E-state index in [1.807, 2.05) is 0 Å². The maximum Gasteiger partial charge on any atom is 0.0582 e. The van der Waals surface area contributed by atoms with Crippen LogP contribution in [0.3, 0.4) is 0 Å². The van der Waals surface area contributed by atoms with E-state index in [9.17, 15) is 0 Å². The van der Waals surface area contributed by atoms with Crippen LogP contribution in [0.25, 0.3) is 0 Å². The van der Waals surface area contributed by atoms with Crippen molar-refractivity contribution in [1.29, 1.82) is 0 Å². The molecule has 0 bridgehead atoms. The third-order valence-corrected chi connectivity index (χ3v) is 3.42. The zero-order valence-corrected chi connectivity index (χ0v) is 10.00. The highest BCUT2D eigenvalue weighted by Crippen LogP contribution is 2.25. The summed E-state index contributed by atoms with van der Waals surface area (Å²) < 4.78 is 0.